The molecule has 37 heteroatoms. The fraction of sp³-hybridized carbons (Fsp3) is 0.344. The number of rotatable bonds is 20. The quantitative estimate of drug-likeness (QED) is 0.0195. The molecule has 15 rings (SSSR count). The first-order valence-corrected chi connectivity index (χ1v) is 42.6. The number of primary amides is 1. The second-order valence-electron chi connectivity index (χ2n) is 32.2. The molecule has 0 spiro atoms. The van der Waals surface area contributed by atoms with Crippen molar-refractivity contribution in [1.29, 1.82) is 0 Å². The first kappa shape index (κ1) is 92.9. The number of carboxylic acid groups (broad SMARTS) is 1. The minimum absolute atomic E-state index is 0.0178. The average molecular weight is 1900 g/mol. The number of aliphatic hydroxyl groups excluding tert-OH is 5. The van der Waals surface area contributed by atoms with Crippen molar-refractivity contribution in [2.24, 2.45) is 11.7 Å². The number of fused-ring (bicyclic) bond motifs is 15. The van der Waals surface area contributed by atoms with Crippen molar-refractivity contribution >= 4 is 99.2 Å². The molecule has 9 unspecified atom stereocenters. The summed E-state index contributed by atoms with van der Waals surface area (Å²) < 4.78 is 45.7. The summed E-state index contributed by atoms with van der Waals surface area (Å²) in [4.78, 5) is 134. The van der Waals surface area contributed by atoms with Gasteiger partial charge in [-0.15, -0.1) is 0 Å². The number of nitrogens with zero attached hydrogens (tertiary/aromatic N) is 1. The lowest BCUT2D eigenvalue weighted by Crippen LogP contribution is -2.65. The van der Waals surface area contributed by atoms with Crippen LogP contribution in [0.2, 0.25) is 10.0 Å². The van der Waals surface area contributed by atoms with Gasteiger partial charge in [0.05, 0.1) is 34.8 Å². The van der Waals surface area contributed by atoms with E-state index in [1.807, 2.05) is 89.3 Å². The maximum Gasteiger partial charge on any atom is 0.410 e. The van der Waals surface area contributed by atoms with Crippen LogP contribution in [0, 0.1) is 12.8 Å². The van der Waals surface area contributed by atoms with Gasteiger partial charge < -0.3 is 122 Å². The van der Waals surface area contributed by atoms with Crippen LogP contribution in [0.5, 0.6) is 46.0 Å². The van der Waals surface area contributed by atoms with Crippen LogP contribution in [-0.2, 0) is 63.8 Å². The zero-order valence-electron chi connectivity index (χ0n) is 69.1. The number of aliphatic hydroxyl groups is 5. The third-order valence-electron chi connectivity index (χ3n) is 22.7. The van der Waals surface area contributed by atoms with Crippen molar-refractivity contribution in [3.8, 4) is 79.4 Å². The van der Waals surface area contributed by atoms with Crippen LogP contribution in [0.1, 0.15) is 116 Å². The number of aliphatic carboxylic acids is 1. The zero-order valence-corrected chi connectivity index (χ0v) is 72.7. The van der Waals surface area contributed by atoms with Crippen LogP contribution in [0.15, 0.2) is 164 Å². The number of carbonyl (C=O) groups is 9. The summed E-state index contributed by atoms with van der Waals surface area (Å²) in [5, 5.41) is 124. The SMILES string of the molecule is C=CCOC(=O)N(C)[C@H](CC(C)C)C(=O)N[C@H]1C(=O)N[C@@H](CC(N)=O)C(=O)N[C@H]2C(=O)N[C@H]3C(=O)N[C@H](C(=O)N[C@@H](C(=O)O)c4cc(O)cc(O)c4-c4cc3ccc4O)[C@H](O)c3ccc(c(Cl)c3)Oc3cc2cc(c3OC2OC(CI)C(O)C(O)C2OC2CC(C)(NCc3ccc(-c4ccc(-c5ccccc5)cc4)cc3)C(O)C(C)O2)Oc2c(C)cc(cc2Cl)[C@H]1O. The Balaban J connectivity index is 0.967. The summed E-state index contributed by atoms with van der Waals surface area (Å²) in [5.41, 5.74) is 6.64. The van der Waals surface area contributed by atoms with E-state index < -0.39 is 231 Å². The number of aryl methyl sites for hydroxylation is 1. The van der Waals surface area contributed by atoms with Crippen molar-refractivity contribution in [2.45, 2.75) is 170 Å². The molecule has 7 aliphatic rings. The van der Waals surface area contributed by atoms with Gasteiger partial charge in [0.15, 0.2) is 29.9 Å². The number of phenolic OH excluding ortho intramolecular Hbond substituents is 3. The van der Waals surface area contributed by atoms with Crippen LogP contribution in [0.25, 0.3) is 33.4 Å². The lowest BCUT2D eigenvalue weighted by Gasteiger charge is -2.48. The highest BCUT2D eigenvalue weighted by atomic mass is 127. The van der Waals surface area contributed by atoms with E-state index in [4.69, 9.17) is 62.1 Å². The molecule has 0 aromatic heterocycles. The number of halogens is 3. The van der Waals surface area contributed by atoms with Crippen LogP contribution < -0.4 is 57.2 Å². The fourth-order valence-corrected chi connectivity index (χ4v) is 17.2. The second-order valence-corrected chi connectivity index (χ2v) is 33.9. The van der Waals surface area contributed by atoms with Gasteiger partial charge in [0.25, 0.3) is 0 Å². The topological polar surface area (TPSA) is 514 Å². The summed E-state index contributed by atoms with van der Waals surface area (Å²) >= 11 is 16.5. The minimum Gasteiger partial charge on any atom is -0.508 e. The summed E-state index contributed by atoms with van der Waals surface area (Å²) in [7, 11) is 1.25. The number of benzene rings is 8. The van der Waals surface area contributed by atoms with E-state index in [0.29, 0.717) is 0 Å². The molecule has 2 fully saturated rings. The molecule has 0 aliphatic carbocycles. The molecule has 7 heterocycles. The molecule has 8 aromatic carbocycles. The van der Waals surface area contributed by atoms with Crippen molar-refractivity contribution in [3.63, 3.8) is 0 Å². The Labute approximate surface area is 751 Å². The van der Waals surface area contributed by atoms with Gasteiger partial charge in [-0.2, -0.15) is 0 Å². The van der Waals surface area contributed by atoms with Crippen molar-refractivity contribution < 1.29 is 122 Å². The Bertz CT molecular complexity index is 5520. The number of hydrogen-bond donors (Lipinski definition) is 17. The Kier molecular flexibility index (Phi) is 28.7. The van der Waals surface area contributed by atoms with Gasteiger partial charge in [0.2, 0.25) is 53.4 Å². The summed E-state index contributed by atoms with van der Waals surface area (Å²) in [6.45, 7) is 11.8. The molecule has 18 atom stereocenters. The van der Waals surface area contributed by atoms with Gasteiger partial charge in [-0.3, -0.25) is 38.5 Å². The molecule has 7 aliphatic heterocycles. The molecule has 8 aromatic rings. The van der Waals surface area contributed by atoms with E-state index in [2.05, 4.69) is 55.9 Å². The number of ether oxygens (including phenoxy) is 7. The fourth-order valence-electron chi connectivity index (χ4n) is 15.9. The van der Waals surface area contributed by atoms with Crippen molar-refractivity contribution in [2.75, 3.05) is 18.1 Å². The lowest BCUT2D eigenvalue weighted by atomic mass is 9.84. The van der Waals surface area contributed by atoms with Crippen LogP contribution in [0.4, 0.5) is 4.79 Å². The molecule has 0 saturated carbocycles. The maximum atomic E-state index is 16.4. The third-order valence-corrected chi connectivity index (χ3v) is 24.1. The van der Waals surface area contributed by atoms with Crippen molar-refractivity contribution in [1.82, 2.24) is 42.1 Å². The first-order valence-electron chi connectivity index (χ1n) is 40.4. The zero-order chi connectivity index (χ0) is 91.5. The highest BCUT2D eigenvalue weighted by molar-refractivity contribution is 14.1. The summed E-state index contributed by atoms with van der Waals surface area (Å²) in [6, 6.07) is 23.6. The lowest BCUT2D eigenvalue weighted by molar-refractivity contribution is -0.330. The van der Waals surface area contributed by atoms with Crippen LogP contribution >= 0.6 is 45.8 Å². The monoisotopic (exact) mass is 1900 g/mol. The number of hydrogen-bond acceptors (Lipinski definition) is 25. The van der Waals surface area contributed by atoms with Gasteiger partial charge in [0, 0.05) is 52.7 Å². The Morgan fingerprint density at radius 2 is 1.32 bits per heavy atom. The number of carboxylic acids is 1. The summed E-state index contributed by atoms with van der Waals surface area (Å²) in [5.74, 6) is -16.5. The van der Waals surface area contributed by atoms with Gasteiger partial charge in [-0.05, 0) is 143 Å². The van der Waals surface area contributed by atoms with E-state index in [1.54, 1.807) is 27.7 Å². The molecule has 8 amide bonds. The van der Waals surface area contributed by atoms with Gasteiger partial charge >= 0.3 is 12.1 Å². The predicted molar refractivity (Wildman–Crippen MR) is 466 cm³/mol. The molecular formula is C90H94Cl2IN9O25. The maximum absolute atomic E-state index is 16.4. The molecule has 2 saturated heterocycles. The van der Waals surface area contributed by atoms with E-state index in [-0.39, 0.29) is 75.1 Å². The number of alkyl halides is 1. The molecule has 127 heavy (non-hydrogen) atoms. The van der Waals surface area contributed by atoms with Crippen LogP contribution in [-0.4, -0.2) is 201 Å². The molecule has 0 radical (unpaired) electrons. The Morgan fingerprint density at radius 3 is 1.96 bits per heavy atom. The molecule has 18 N–H and O–H groups in total. The molecular weight excluding hydrogens is 1800 g/mol. The Morgan fingerprint density at radius 1 is 0.693 bits per heavy atom. The van der Waals surface area contributed by atoms with Gasteiger partial charge in [-0.1, -0.05) is 163 Å². The number of likely N-dealkylation sites (N-methyl/N-ethyl adjacent to an activating group) is 1. The number of aromatic hydroxyl groups is 3. The van der Waals surface area contributed by atoms with E-state index >= 15 is 24.0 Å². The van der Waals surface area contributed by atoms with Crippen LogP contribution in [0.3, 0.4) is 0 Å². The number of nitrogens with one attached hydrogen (secondary N) is 7. The normalized spacial score (nSPS) is 25.6. The van der Waals surface area contributed by atoms with Gasteiger partial charge in [-0.25, -0.2) is 9.59 Å². The number of phenols is 3. The molecule has 670 valence electrons. The molecule has 34 nitrogen and oxygen atoms in total. The third kappa shape index (κ3) is 20.5. The second kappa shape index (κ2) is 39.3. The Hall–Kier alpha value is -11.7. The number of carbonyl (C=O) groups excluding carboxylic acids is 8. The predicted octanol–water partition coefficient (Wildman–Crippen LogP) is 8.06. The average Bonchev–Trinajstić information content (AvgIpc) is 0.770. The highest BCUT2D eigenvalue weighted by Gasteiger charge is 2.52. The summed E-state index contributed by atoms with van der Waals surface area (Å²) in [6.07, 6.45) is -17.8. The molecule has 11 bridgehead atoms. The minimum atomic E-state index is -2.39. The largest absolute Gasteiger partial charge is 0.508 e. The number of nitrogens with two attached hydrogens (primary N) is 1. The highest BCUT2D eigenvalue weighted by Crippen LogP contribution is 2.51. The standard InChI is InChI=1S/C90H94Cl2IN9O25/c1-8-26-121-89(120)102(7)58(27-40(2)3)82(113)100-72-74(108)51-28-41(4)77(56(92)31-51)124-63-33-50-32-62(78(63)127-88-79(76(110)75(109)64(38-93)125-88)126-66-37-90(6,80(111)42(5)122-66)95-39-43-14-16-45(17-15-43)47-20-18-46(19-21-47)44-12-10-9-11-13-44)123-61-25-23-49(30-55(61)91)73(107)71-86(117)99-70(87(118)119)54-34-52(103)35-60(105)67(54)53-29-48(22-24-59(53)104)68(83(114)101-71)98-84(115)69(50)97-81(112)57(36-65(94)106)96-85(72)116/h8-25,28-35,40,42,57-58,64,66,68-76,79-80,88,95,103-105,107-111H,1,26-27,36-39H2,2-7H3,(H2,94,106)(H,96,116)(H,97,112)(H,98,115)(H,99,117)(H,100,113)(H,101,114)(H,118,119)/t42?,57-,58+,64?,66?,68+,69+,70+,71-,72+,73+,74+,75?,76?,79?,80?,88?,90?/m0/s1. The van der Waals surface area contributed by atoms with E-state index in [1.165, 1.54) is 32.2 Å². The smallest absolute Gasteiger partial charge is 0.410 e. The van der Waals surface area contributed by atoms with E-state index in [9.17, 15) is 65.1 Å². The van der Waals surface area contributed by atoms with Gasteiger partial charge in [0.1, 0.15) is 96.0 Å². The first-order chi connectivity index (χ1) is 60.4. The number of amides is 8. The van der Waals surface area contributed by atoms with Crippen molar-refractivity contribution in [3.05, 3.63) is 213 Å². The van der Waals surface area contributed by atoms with E-state index in [0.717, 1.165) is 93.4 Å².